The van der Waals surface area contributed by atoms with Crippen LogP contribution >= 0.6 is 65.8 Å². The van der Waals surface area contributed by atoms with Crippen LogP contribution in [0.25, 0.3) is 0 Å². The first-order valence-electron chi connectivity index (χ1n) is 5.62. The zero-order valence-electron chi connectivity index (χ0n) is 11.9. The summed E-state index contributed by atoms with van der Waals surface area (Å²) in [4.78, 5) is 23.1. The van der Waals surface area contributed by atoms with E-state index in [4.69, 9.17) is 62.5 Å². The van der Waals surface area contributed by atoms with E-state index < -0.39 is 18.5 Å². The summed E-state index contributed by atoms with van der Waals surface area (Å²) in [5, 5.41) is -1.07. The third-order valence-electron chi connectivity index (χ3n) is 3.11. The second kappa shape index (κ2) is 6.70. The molecule has 0 aromatic heterocycles. The van der Waals surface area contributed by atoms with Crippen LogP contribution in [0.15, 0.2) is 20.1 Å². The fraction of sp³-hybridized carbons (Fsp3) is 0.600. The molecule has 0 radical (unpaired) electrons. The van der Waals surface area contributed by atoms with Crippen molar-refractivity contribution in [1.82, 2.24) is 9.80 Å². The molecule has 2 unspecified atom stereocenters. The lowest BCUT2D eigenvalue weighted by Gasteiger charge is -2.56. The highest BCUT2D eigenvalue weighted by molar-refractivity contribution is 7.43. The third-order valence-corrected chi connectivity index (χ3v) is 6.43. The van der Waals surface area contributed by atoms with E-state index in [-0.39, 0.29) is 20.1 Å². The second-order valence-corrected chi connectivity index (χ2v) is 7.99. The first-order chi connectivity index (χ1) is 9.73. The van der Waals surface area contributed by atoms with E-state index in [1.165, 1.54) is 38.0 Å². The van der Waals surface area contributed by atoms with Crippen LogP contribution in [0.4, 0.5) is 0 Å². The highest BCUT2D eigenvalue weighted by Crippen LogP contribution is 2.59. The third kappa shape index (κ3) is 3.09. The van der Waals surface area contributed by atoms with E-state index in [2.05, 4.69) is 0 Å². The van der Waals surface area contributed by atoms with Crippen LogP contribution in [0.5, 0.6) is 0 Å². The van der Waals surface area contributed by atoms with Gasteiger partial charge in [-0.05, 0) is 28.2 Å². The standard InChI is InChI=1S/C10H14Cl5N2O4P/c1-16(2)9(15)7(13)5(11)6(12)8(14)10(9,17(3)4)21-22(18,19)20/h1-4H3,(H2,18,19,20)/p-2. The van der Waals surface area contributed by atoms with Gasteiger partial charge in [-0.2, -0.15) is 0 Å². The SMILES string of the molecule is CN(C)C1(Cl)C(Cl)=C(Cl)C(Cl)=C(Cl)C1(OP(=O)([O-])[O-])N(C)C. The minimum atomic E-state index is -5.54. The van der Waals surface area contributed by atoms with Crippen molar-refractivity contribution in [1.29, 1.82) is 0 Å². The molecule has 0 aromatic rings. The van der Waals surface area contributed by atoms with Crippen molar-refractivity contribution in [3.63, 3.8) is 0 Å². The van der Waals surface area contributed by atoms with Crippen molar-refractivity contribution in [3.05, 3.63) is 20.1 Å². The van der Waals surface area contributed by atoms with Gasteiger partial charge in [-0.3, -0.25) is 9.80 Å². The topological polar surface area (TPSA) is 78.9 Å². The molecule has 0 N–H and O–H groups in total. The molecule has 0 heterocycles. The molecule has 0 aliphatic heterocycles. The highest BCUT2D eigenvalue weighted by atomic mass is 35.5. The maximum Gasteiger partial charge on any atom is 0.201 e. The molecule has 1 aliphatic carbocycles. The first kappa shape index (κ1) is 21.0. The molecule has 0 bridgehead atoms. The minimum absolute atomic E-state index is 0.176. The molecule has 0 aromatic carbocycles. The van der Waals surface area contributed by atoms with Gasteiger partial charge in [0, 0.05) is 0 Å². The number of phosphoric ester groups is 1. The Balaban J connectivity index is 3.87. The summed E-state index contributed by atoms with van der Waals surface area (Å²) < 4.78 is 16.0. The van der Waals surface area contributed by atoms with Gasteiger partial charge in [-0.15, -0.1) is 0 Å². The number of halogens is 5. The first-order valence-corrected chi connectivity index (χ1v) is 8.97. The number of likely N-dealkylation sites (N-methyl/N-ethyl adjacent to an activating group) is 2. The van der Waals surface area contributed by atoms with Crippen LogP contribution in [0.1, 0.15) is 0 Å². The molecule has 128 valence electrons. The Hall–Kier alpha value is 0.960. The van der Waals surface area contributed by atoms with E-state index in [9.17, 15) is 14.4 Å². The van der Waals surface area contributed by atoms with E-state index in [1.54, 1.807) is 0 Å². The van der Waals surface area contributed by atoms with Gasteiger partial charge in [0.05, 0.1) is 28.0 Å². The van der Waals surface area contributed by atoms with Gasteiger partial charge < -0.3 is 18.9 Å². The average Bonchev–Trinajstić information content (AvgIpc) is 2.37. The van der Waals surface area contributed by atoms with Crippen LogP contribution in [0.3, 0.4) is 0 Å². The van der Waals surface area contributed by atoms with Crippen molar-refractivity contribution in [2.45, 2.75) is 10.7 Å². The van der Waals surface area contributed by atoms with E-state index in [0.29, 0.717) is 0 Å². The van der Waals surface area contributed by atoms with Gasteiger partial charge in [-0.1, -0.05) is 58.0 Å². The van der Waals surface area contributed by atoms with E-state index in [0.717, 1.165) is 0 Å². The molecule has 0 saturated carbocycles. The molecular weight excluding hydrogens is 420 g/mol. The lowest BCUT2D eigenvalue weighted by Crippen LogP contribution is -2.68. The van der Waals surface area contributed by atoms with Crippen molar-refractivity contribution in [3.8, 4) is 0 Å². The van der Waals surface area contributed by atoms with Gasteiger partial charge in [0.1, 0.15) is 0 Å². The number of rotatable bonds is 4. The van der Waals surface area contributed by atoms with Crippen molar-refractivity contribution in [2.75, 3.05) is 28.2 Å². The fourth-order valence-electron chi connectivity index (χ4n) is 2.12. The Morgan fingerprint density at radius 1 is 0.955 bits per heavy atom. The number of alkyl halides is 1. The number of nitrogens with zero attached hydrogens (tertiary/aromatic N) is 2. The zero-order valence-corrected chi connectivity index (χ0v) is 16.5. The Morgan fingerprint density at radius 2 is 1.36 bits per heavy atom. The molecule has 12 heteroatoms. The molecule has 0 amide bonds. The predicted octanol–water partition coefficient (Wildman–Crippen LogP) is 1.98. The maximum atomic E-state index is 11.3. The largest absolute Gasteiger partial charge is 0.790 e. The van der Waals surface area contributed by atoms with Crippen LogP contribution < -0.4 is 9.79 Å². The number of phosphoric acid groups is 1. The van der Waals surface area contributed by atoms with Gasteiger partial charge in [0.25, 0.3) is 0 Å². The van der Waals surface area contributed by atoms with Crippen LogP contribution in [-0.2, 0) is 9.09 Å². The molecule has 6 nitrogen and oxygen atoms in total. The summed E-state index contributed by atoms with van der Waals surface area (Å²) in [6.07, 6.45) is 0. The maximum absolute atomic E-state index is 11.3. The Kier molecular flexibility index (Phi) is 6.39. The summed E-state index contributed by atoms with van der Waals surface area (Å²) in [5.41, 5.74) is -2.20. The summed E-state index contributed by atoms with van der Waals surface area (Å²) >= 11 is 30.9. The van der Waals surface area contributed by atoms with Gasteiger partial charge in [0.15, 0.2) is 5.00 Å². The summed E-state index contributed by atoms with van der Waals surface area (Å²) in [5.74, 6) is 0. The smallest absolute Gasteiger partial charge is 0.201 e. The predicted molar refractivity (Wildman–Crippen MR) is 84.8 cm³/mol. The normalized spacial score (nSPS) is 30.8. The van der Waals surface area contributed by atoms with Gasteiger partial charge in [0.2, 0.25) is 5.72 Å². The quantitative estimate of drug-likeness (QED) is 0.293. The monoisotopic (exact) mass is 430 g/mol. The van der Waals surface area contributed by atoms with E-state index >= 15 is 0 Å². The zero-order chi connectivity index (χ0) is 17.7. The molecule has 2 atom stereocenters. The molecule has 0 spiro atoms. The van der Waals surface area contributed by atoms with Gasteiger partial charge in [-0.25, -0.2) is 0 Å². The average molecular weight is 432 g/mol. The lowest BCUT2D eigenvalue weighted by atomic mass is 9.94. The minimum Gasteiger partial charge on any atom is -0.790 e. The van der Waals surface area contributed by atoms with Crippen molar-refractivity contribution in [2.24, 2.45) is 0 Å². The summed E-state index contributed by atoms with van der Waals surface area (Å²) in [6.45, 7) is 0. The van der Waals surface area contributed by atoms with Crippen LogP contribution in [0.2, 0.25) is 0 Å². The van der Waals surface area contributed by atoms with Crippen molar-refractivity contribution >= 4 is 65.8 Å². The molecular formula is C10H12Cl5N2O4P-2. The Morgan fingerprint density at radius 3 is 1.68 bits per heavy atom. The van der Waals surface area contributed by atoms with Crippen LogP contribution in [0, 0.1) is 0 Å². The van der Waals surface area contributed by atoms with E-state index in [1.807, 2.05) is 0 Å². The molecule has 0 saturated heterocycles. The molecule has 22 heavy (non-hydrogen) atoms. The summed E-state index contributed by atoms with van der Waals surface area (Å²) in [7, 11) is 0.207. The Bertz CT molecular complexity index is 590. The summed E-state index contributed by atoms with van der Waals surface area (Å²) in [6, 6.07) is 0. The lowest BCUT2D eigenvalue weighted by molar-refractivity contribution is -0.355. The number of allylic oxidation sites excluding steroid dienone is 2. The van der Waals surface area contributed by atoms with Gasteiger partial charge >= 0.3 is 0 Å². The second-order valence-electron chi connectivity index (χ2n) is 4.85. The molecule has 0 fully saturated rings. The fourth-order valence-corrected chi connectivity index (χ4v) is 4.81. The van der Waals surface area contributed by atoms with Crippen molar-refractivity contribution < 1.29 is 18.9 Å². The number of hydrogen-bond acceptors (Lipinski definition) is 6. The highest BCUT2D eigenvalue weighted by Gasteiger charge is 2.63. The Labute approximate surface area is 153 Å². The molecule has 1 aliphatic rings. The molecule has 1 rings (SSSR count). The van der Waals surface area contributed by atoms with Crippen LogP contribution in [-0.4, -0.2) is 48.7 Å². The number of hydrogen-bond donors (Lipinski definition) is 0.